The Bertz CT molecular complexity index is 122. The van der Waals surface area contributed by atoms with Crippen molar-refractivity contribution in [2.45, 2.75) is 32.1 Å². The molecule has 1 aliphatic heterocycles. The van der Waals surface area contributed by atoms with Gasteiger partial charge < -0.3 is 16.0 Å². The van der Waals surface area contributed by atoms with Crippen LogP contribution in [-0.4, -0.2) is 44.2 Å². The lowest BCUT2D eigenvalue weighted by molar-refractivity contribution is 0.329. The minimum atomic E-state index is 0.806. The highest BCUT2D eigenvalue weighted by atomic mass is 15.1. The highest BCUT2D eigenvalue weighted by molar-refractivity contribution is 4.65. The van der Waals surface area contributed by atoms with Crippen molar-refractivity contribution in [2.24, 2.45) is 5.73 Å². The van der Waals surface area contributed by atoms with Crippen LogP contribution in [0.4, 0.5) is 0 Å². The zero-order valence-corrected chi connectivity index (χ0v) is 9.30. The molecule has 3 heteroatoms. The van der Waals surface area contributed by atoms with Gasteiger partial charge in [-0.2, -0.15) is 0 Å². The average molecular weight is 199 g/mol. The molecule has 0 aromatic carbocycles. The molecule has 1 rings (SSSR count). The van der Waals surface area contributed by atoms with Crippen LogP contribution in [0, 0.1) is 0 Å². The third kappa shape index (κ3) is 5.58. The summed E-state index contributed by atoms with van der Waals surface area (Å²) < 4.78 is 0. The maximum atomic E-state index is 5.41. The normalized spacial score (nSPS) is 17.8. The largest absolute Gasteiger partial charge is 0.330 e. The van der Waals surface area contributed by atoms with Gasteiger partial charge in [0.15, 0.2) is 0 Å². The summed E-state index contributed by atoms with van der Waals surface area (Å²) in [5.41, 5.74) is 5.41. The molecule has 0 bridgehead atoms. The summed E-state index contributed by atoms with van der Waals surface area (Å²) in [4.78, 5) is 2.58. The maximum Gasteiger partial charge on any atom is -0.00183 e. The van der Waals surface area contributed by atoms with Gasteiger partial charge in [0.05, 0.1) is 0 Å². The summed E-state index contributed by atoms with van der Waals surface area (Å²) in [6.45, 7) is 7.02. The lowest BCUT2D eigenvalue weighted by Gasteiger charge is -2.13. The Morgan fingerprint density at radius 1 is 1.00 bits per heavy atom. The molecular formula is C11H25N3. The van der Waals surface area contributed by atoms with E-state index in [4.69, 9.17) is 5.73 Å². The predicted octanol–water partition coefficient (Wildman–Crippen LogP) is 0.801. The van der Waals surface area contributed by atoms with Crippen molar-refractivity contribution < 1.29 is 0 Å². The molecule has 1 aliphatic rings. The van der Waals surface area contributed by atoms with Gasteiger partial charge in [0, 0.05) is 0 Å². The number of nitrogens with one attached hydrogen (secondary N) is 1. The third-order valence-corrected chi connectivity index (χ3v) is 2.83. The van der Waals surface area contributed by atoms with Crippen molar-refractivity contribution in [3.05, 3.63) is 0 Å². The van der Waals surface area contributed by atoms with E-state index in [0.29, 0.717) is 0 Å². The molecule has 0 aliphatic carbocycles. The van der Waals surface area contributed by atoms with E-state index in [1.807, 2.05) is 0 Å². The lowest BCUT2D eigenvalue weighted by atomic mass is 10.3. The highest BCUT2D eigenvalue weighted by Gasteiger charge is 2.09. The predicted molar refractivity (Wildman–Crippen MR) is 61.4 cm³/mol. The summed E-state index contributed by atoms with van der Waals surface area (Å²) in [5.74, 6) is 0. The van der Waals surface area contributed by atoms with Crippen molar-refractivity contribution in [3.63, 3.8) is 0 Å². The Morgan fingerprint density at radius 3 is 2.43 bits per heavy atom. The summed E-state index contributed by atoms with van der Waals surface area (Å²) >= 11 is 0. The van der Waals surface area contributed by atoms with Crippen LogP contribution in [0.25, 0.3) is 0 Å². The number of rotatable bonds is 8. The molecular weight excluding hydrogens is 174 g/mol. The number of hydrogen-bond acceptors (Lipinski definition) is 3. The molecule has 14 heavy (non-hydrogen) atoms. The summed E-state index contributed by atoms with van der Waals surface area (Å²) in [7, 11) is 0. The zero-order valence-electron chi connectivity index (χ0n) is 9.30. The van der Waals surface area contributed by atoms with Gasteiger partial charge >= 0.3 is 0 Å². The minimum absolute atomic E-state index is 0.806. The second-order valence-electron chi connectivity index (χ2n) is 4.15. The molecule has 0 radical (unpaired) electrons. The minimum Gasteiger partial charge on any atom is -0.330 e. The molecule has 3 nitrogen and oxygen atoms in total. The van der Waals surface area contributed by atoms with E-state index in [-0.39, 0.29) is 0 Å². The number of hydrogen-bond donors (Lipinski definition) is 2. The molecule has 0 aromatic heterocycles. The fourth-order valence-electron chi connectivity index (χ4n) is 1.94. The van der Waals surface area contributed by atoms with E-state index in [2.05, 4.69) is 10.2 Å². The Kier molecular flexibility index (Phi) is 7.01. The van der Waals surface area contributed by atoms with Gasteiger partial charge in [-0.1, -0.05) is 0 Å². The molecule has 0 spiro atoms. The average Bonchev–Trinajstić information content (AvgIpc) is 2.69. The molecule has 84 valence electrons. The smallest absolute Gasteiger partial charge is 0.00183 e. The van der Waals surface area contributed by atoms with Gasteiger partial charge in [-0.15, -0.1) is 0 Å². The van der Waals surface area contributed by atoms with Crippen LogP contribution >= 0.6 is 0 Å². The van der Waals surface area contributed by atoms with E-state index in [1.165, 1.54) is 45.3 Å². The number of unbranched alkanes of at least 4 members (excludes halogenated alkanes) is 1. The first-order valence-corrected chi connectivity index (χ1v) is 6.06. The quantitative estimate of drug-likeness (QED) is 0.568. The van der Waals surface area contributed by atoms with Crippen LogP contribution in [0.1, 0.15) is 32.1 Å². The van der Waals surface area contributed by atoms with Crippen LogP contribution in [0.5, 0.6) is 0 Å². The van der Waals surface area contributed by atoms with Gasteiger partial charge in [0.2, 0.25) is 0 Å². The molecule has 1 fully saturated rings. The summed E-state index contributed by atoms with van der Waals surface area (Å²) in [6, 6.07) is 0. The van der Waals surface area contributed by atoms with E-state index in [9.17, 15) is 0 Å². The molecule has 1 heterocycles. The third-order valence-electron chi connectivity index (χ3n) is 2.83. The Hall–Kier alpha value is -0.120. The first-order chi connectivity index (χ1) is 6.93. The van der Waals surface area contributed by atoms with Crippen LogP contribution in [-0.2, 0) is 0 Å². The van der Waals surface area contributed by atoms with Crippen LogP contribution < -0.4 is 11.1 Å². The van der Waals surface area contributed by atoms with E-state index < -0.39 is 0 Å². The molecule has 0 aromatic rings. The lowest BCUT2D eigenvalue weighted by Crippen LogP contribution is -2.23. The first kappa shape index (κ1) is 12.0. The Balaban J connectivity index is 1.75. The van der Waals surface area contributed by atoms with Crippen molar-refractivity contribution in [2.75, 3.05) is 39.3 Å². The molecule has 0 unspecified atom stereocenters. The van der Waals surface area contributed by atoms with Crippen molar-refractivity contribution in [3.8, 4) is 0 Å². The van der Waals surface area contributed by atoms with Crippen LogP contribution in [0.3, 0.4) is 0 Å². The SMILES string of the molecule is NCCCNCCCCN1CCCC1. The van der Waals surface area contributed by atoms with Gasteiger partial charge in [0.25, 0.3) is 0 Å². The fraction of sp³-hybridized carbons (Fsp3) is 1.00. The molecule has 1 saturated heterocycles. The van der Waals surface area contributed by atoms with Gasteiger partial charge in [-0.3, -0.25) is 0 Å². The van der Waals surface area contributed by atoms with E-state index in [0.717, 1.165) is 26.1 Å². The maximum absolute atomic E-state index is 5.41. The fourth-order valence-corrected chi connectivity index (χ4v) is 1.94. The van der Waals surface area contributed by atoms with Crippen LogP contribution in [0.2, 0.25) is 0 Å². The van der Waals surface area contributed by atoms with Gasteiger partial charge in [-0.25, -0.2) is 0 Å². The van der Waals surface area contributed by atoms with E-state index >= 15 is 0 Å². The second kappa shape index (κ2) is 8.21. The van der Waals surface area contributed by atoms with Crippen molar-refractivity contribution in [1.29, 1.82) is 0 Å². The van der Waals surface area contributed by atoms with Gasteiger partial charge in [0.1, 0.15) is 0 Å². The van der Waals surface area contributed by atoms with Crippen molar-refractivity contribution in [1.82, 2.24) is 10.2 Å². The number of nitrogens with zero attached hydrogens (tertiary/aromatic N) is 1. The molecule has 0 amide bonds. The van der Waals surface area contributed by atoms with Crippen molar-refractivity contribution >= 4 is 0 Å². The summed E-state index contributed by atoms with van der Waals surface area (Å²) in [6.07, 6.45) is 6.58. The Morgan fingerprint density at radius 2 is 1.71 bits per heavy atom. The first-order valence-electron chi connectivity index (χ1n) is 6.06. The summed E-state index contributed by atoms with van der Waals surface area (Å²) in [5, 5.41) is 3.41. The standard InChI is InChI=1S/C11H25N3/c12-6-5-8-13-7-1-2-9-14-10-3-4-11-14/h13H,1-12H2. The topological polar surface area (TPSA) is 41.3 Å². The zero-order chi connectivity index (χ0) is 10.1. The number of likely N-dealkylation sites (tertiary alicyclic amines) is 1. The van der Waals surface area contributed by atoms with E-state index in [1.54, 1.807) is 0 Å². The molecule has 0 saturated carbocycles. The Labute approximate surface area is 88.0 Å². The second-order valence-corrected chi connectivity index (χ2v) is 4.15. The number of nitrogens with two attached hydrogens (primary N) is 1. The monoisotopic (exact) mass is 199 g/mol. The highest BCUT2D eigenvalue weighted by Crippen LogP contribution is 2.07. The molecule has 3 N–H and O–H groups in total. The molecule has 0 atom stereocenters. The van der Waals surface area contributed by atoms with Gasteiger partial charge in [-0.05, 0) is 71.4 Å². The van der Waals surface area contributed by atoms with Crippen LogP contribution in [0.15, 0.2) is 0 Å².